The van der Waals surface area contributed by atoms with E-state index < -0.39 is 5.97 Å². The number of thiazole rings is 1. The maximum Gasteiger partial charge on any atom is 0.318 e. The highest BCUT2D eigenvalue weighted by Gasteiger charge is 2.23. The molecule has 6 nitrogen and oxygen atoms in total. The molecule has 0 saturated heterocycles. The van der Waals surface area contributed by atoms with Crippen molar-refractivity contribution in [1.82, 2.24) is 15.2 Å². The molecule has 0 bridgehead atoms. The number of nitrogens with one attached hydrogen (secondary N) is 1. The van der Waals surface area contributed by atoms with Crippen LogP contribution in [0, 0.1) is 0 Å². The van der Waals surface area contributed by atoms with Crippen LogP contribution in [0.5, 0.6) is 0 Å². The van der Waals surface area contributed by atoms with Gasteiger partial charge in [-0.3, -0.25) is 4.79 Å². The molecule has 0 saturated carbocycles. The molecule has 1 aromatic heterocycles. The maximum atomic E-state index is 12.3. The molecule has 2 amide bonds. The molecule has 0 aromatic carbocycles. The smallest absolute Gasteiger partial charge is 0.318 e. The Morgan fingerprint density at radius 2 is 2.20 bits per heavy atom. The summed E-state index contributed by atoms with van der Waals surface area (Å²) in [5.74, 6) is -0.907. The monoisotopic (exact) mass is 299 g/mol. The van der Waals surface area contributed by atoms with E-state index >= 15 is 0 Å². The molecule has 0 aliphatic rings. The van der Waals surface area contributed by atoms with E-state index in [-0.39, 0.29) is 24.5 Å². The molecule has 0 aliphatic carbocycles. The third-order valence-corrected chi connectivity index (χ3v) is 3.95. The number of carboxylic acids is 1. The molecule has 1 heterocycles. The molecule has 20 heavy (non-hydrogen) atoms. The van der Waals surface area contributed by atoms with Crippen LogP contribution in [0.1, 0.15) is 44.7 Å². The van der Waals surface area contributed by atoms with Crippen LogP contribution in [-0.2, 0) is 4.79 Å². The van der Waals surface area contributed by atoms with Crippen molar-refractivity contribution < 1.29 is 14.7 Å². The Labute approximate surface area is 122 Å². The van der Waals surface area contributed by atoms with Gasteiger partial charge in [-0.15, -0.1) is 11.3 Å². The topological polar surface area (TPSA) is 82.5 Å². The minimum Gasteiger partial charge on any atom is -0.481 e. The lowest BCUT2D eigenvalue weighted by Gasteiger charge is -2.29. The van der Waals surface area contributed by atoms with Gasteiger partial charge in [0.05, 0.1) is 12.5 Å². The molecule has 0 fully saturated rings. The summed E-state index contributed by atoms with van der Waals surface area (Å²) in [6.07, 6.45) is 2.39. The number of hydrogen-bond donors (Lipinski definition) is 2. The van der Waals surface area contributed by atoms with Crippen molar-refractivity contribution in [3.63, 3.8) is 0 Å². The Bertz CT molecular complexity index is 436. The summed E-state index contributed by atoms with van der Waals surface area (Å²) in [5, 5.41) is 14.5. The fraction of sp³-hybridized carbons (Fsp3) is 0.615. The Morgan fingerprint density at radius 3 is 2.65 bits per heavy atom. The zero-order chi connectivity index (χ0) is 15.1. The lowest BCUT2D eigenvalue weighted by atomic mass is 10.2. The first-order chi connectivity index (χ1) is 9.49. The van der Waals surface area contributed by atoms with Gasteiger partial charge in [0.25, 0.3) is 0 Å². The van der Waals surface area contributed by atoms with Crippen LogP contribution in [0.25, 0.3) is 0 Å². The number of carbonyl (C=O) groups is 2. The predicted molar refractivity (Wildman–Crippen MR) is 77.8 cm³/mol. The zero-order valence-electron chi connectivity index (χ0n) is 12.0. The van der Waals surface area contributed by atoms with Crippen LogP contribution in [-0.4, -0.2) is 39.6 Å². The number of nitrogens with zero attached hydrogens (tertiary/aromatic N) is 2. The minimum atomic E-state index is -0.907. The van der Waals surface area contributed by atoms with Crippen molar-refractivity contribution in [2.24, 2.45) is 0 Å². The molecule has 2 unspecified atom stereocenters. The lowest BCUT2D eigenvalue weighted by molar-refractivity contribution is -0.138. The summed E-state index contributed by atoms with van der Waals surface area (Å²) in [5.41, 5.74) is 0. The van der Waals surface area contributed by atoms with Gasteiger partial charge in [-0.2, -0.15) is 0 Å². The van der Waals surface area contributed by atoms with E-state index in [1.54, 1.807) is 13.1 Å². The number of carboxylic acid groups (broad SMARTS) is 1. The van der Waals surface area contributed by atoms with Crippen LogP contribution in [0.4, 0.5) is 4.79 Å². The van der Waals surface area contributed by atoms with Gasteiger partial charge in [0.15, 0.2) is 0 Å². The summed E-state index contributed by atoms with van der Waals surface area (Å²) in [7, 11) is 0. The minimum absolute atomic E-state index is 0.0602. The Morgan fingerprint density at radius 1 is 1.50 bits per heavy atom. The fourth-order valence-corrected chi connectivity index (χ4v) is 2.77. The number of carbonyl (C=O) groups excluding carboxylic acids is 1. The van der Waals surface area contributed by atoms with Gasteiger partial charge >= 0.3 is 12.0 Å². The highest BCUT2D eigenvalue weighted by Crippen LogP contribution is 2.19. The lowest BCUT2D eigenvalue weighted by Crippen LogP contribution is -2.46. The molecule has 1 rings (SSSR count). The predicted octanol–water partition coefficient (Wildman–Crippen LogP) is 2.49. The van der Waals surface area contributed by atoms with E-state index in [1.807, 2.05) is 19.2 Å². The summed E-state index contributed by atoms with van der Waals surface area (Å²) < 4.78 is 0. The van der Waals surface area contributed by atoms with Gasteiger partial charge in [-0.1, -0.05) is 6.92 Å². The van der Waals surface area contributed by atoms with Gasteiger partial charge in [0, 0.05) is 24.2 Å². The molecule has 112 valence electrons. The normalized spacial score (nSPS) is 13.6. The molecule has 0 spiro atoms. The van der Waals surface area contributed by atoms with Crippen LogP contribution < -0.4 is 5.32 Å². The third-order valence-electron chi connectivity index (χ3n) is 3.06. The number of aliphatic carboxylic acids is 1. The van der Waals surface area contributed by atoms with E-state index in [9.17, 15) is 9.59 Å². The average molecular weight is 299 g/mol. The summed E-state index contributed by atoms with van der Waals surface area (Å²) in [4.78, 5) is 28.8. The van der Waals surface area contributed by atoms with Crippen LogP contribution >= 0.6 is 11.3 Å². The quantitative estimate of drug-likeness (QED) is 0.810. The molecule has 0 aliphatic heterocycles. The van der Waals surface area contributed by atoms with E-state index in [4.69, 9.17) is 5.11 Å². The molecule has 7 heteroatoms. The maximum absolute atomic E-state index is 12.3. The zero-order valence-corrected chi connectivity index (χ0v) is 12.8. The molecule has 1 aromatic rings. The largest absolute Gasteiger partial charge is 0.481 e. The summed E-state index contributed by atoms with van der Waals surface area (Å²) >= 11 is 1.50. The average Bonchev–Trinajstić information content (AvgIpc) is 2.89. The van der Waals surface area contributed by atoms with Crippen molar-refractivity contribution in [1.29, 1.82) is 0 Å². The first-order valence-corrected chi connectivity index (χ1v) is 7.55. The first-order valence-electron chi connectivity index (χ1n) is 6.67. The number of aromatic nitrogens is 1. The van der Waals surface area contributed by atoms with Gasteiger partial charge in [0.1, 0.15) is 5.01 Å². The van der Waals surface area contributed by atoms with Crippen LogP contribution in [0.15, 0.2) is 11.6 Å². The number of hydrogen-bond acceptors (Lipinski definition) is 4. The molecular formula is C13H21N3O3S. The summed E-state index contributed by atoms with van der Waals surface area (Å²) in [6, 6.07) is -0.719. The number of rotatable bonds is 7. The SMILES string of the molecule is CCC(NC(=O)N(CC)C(C)CC(=O)O)c1nccs1. The van der Waals surface area contributed by atoms with Gasteiger partial charge in [0.2, 0.25) is 0 Å². The van der Waals surface area contributed by atoms with Gasteiger partial charge < -0.3 is 15.3 Å². The van der Waals surface area contributed by atoms with E-state index in [0.717, 1.165) is 11.4 Å². The second kappa shape index (κ2) is 7.84. The van der Waals surface area contributed by atoms with Crippen molar-refractivity contribution in [3.05, 3.63) is 16.6 Å². The Hall–Kier alpha value is -1.63. The van der Waals surface area contributed by atoms with E-state index in [1.165, 1.54) is 16.2 Å². The van der Waals surface area contributed by atoms with Crippen LogP contribution in [0.2, 0.25) is 0 Å². The van der Waals surface area contributed by atoms with Crippen LogP contribution in [0.3, 0.4) is 0 Å². The van der Waals surface area contributed by atoms with Crippen molar-refractivity contribution >= 4 is 23.3 Å². The molecule has 2 atom stereocenters. The van der Waals surface area contributed by atoms with Crippen molar-refractivity contribution in [3.8, 4) is 0 Å². The number of amides is 2. The highest BCUT2D eigenvalue weighted by molar-refractivity contribution is 7.09. The van der Waals surface area contributed by atoms with Crippen molar-refractivity contribution in [2.75, 3.05) is 6.54 Å². The summed E-state index contributed by atoms with van der Waals surface area (Å²) in [6.45, 7) is 6.02. The fourth-order valence-electron chi connectivity index (χ4n) is 2.00. The highest BCUT2D eigenvalue weighted by atomic mass is 32.1. The van der Waals surface area contributed by atoms with E-state index in [2.05, 4.69) is 10.3 Å². The van der Waals surface area contributed by atoms with Gasteiger partial charge in [-0.25, -0.2) is 9.78 Å². The second-order valence-corrected chi connectivity index (χ2v) is 5.44. The van der Waals surface area contributed by atoms with E-state index in [0.29, 0.717) is 6.54 Å². The van der Waals surface area contributed by atoms with Gasteiger partial charge in [-0.05, 0) is 20.3 Å². The first kappa shape index (κ1) is 16.4. The Kier molecular flexibility index (Phi) is 6.44. The van der Waals surface area contributed by atoms with Crippen molar-refractivity contribution in [2.45, 2.75) is 45.7 Å². The molecule has 2 N–H and O–H groups in total. The standard InChI is InChI=1S/C13H21N3O3S/c1-4-10(12-14-6-7-20-12)15-13(19)16(5-2)9(3)8-11(17)18/h6-7,9-10H,4-5,8H2,1-3H3,(H,15,19)(H,17,18). The number of urea groups is 1. The Balaban J connectivity index is 2.68. The molecular weight excluding hydrogens is 278 g/mol. The molecule has 0 radical (unpaired) electrons. The third kappa shape index (κ3) is 4.48. The second-order valence-electron chi connectivity index (χ2n) is 4.51.